The standard InChI is InChI=1S/C26H28N2O5/c1-3-31-22-12-10-19(17-23(22)32-4-2)14-16-27-24(29)18-33-25(30)13-11-21-8-5-7-20-9-6-15-28-26(20)21/h5-13,15,17H,3-4,14,16,18H2,1-2H3,(H,27,29). The Bertz CT molecular complexity index is 1120. The van der Waals surface area contributed by atoms with Gasteiger partial charge in [0.05, 0.1) is 18.7 Å². The highest BCUT2D eigenvalue weighted by atomic mass is 16.5. The first-order valence-electron chi connectivity index (χ1n) is 10.9. The Morgan fingerprint density at radius 2 is 1.79 bits per heavy atom. The number of benzene rings is 2. The molecule has 33 heavy (non-hydrogen) atoms. The van der Waals surface area contributed by atoms with Crippen LogP contribution in [0, 0.1) is 0 Å². The lowest BCUT2D eigenvalue weighted by atomic mass is 10.1. The van der Waals surface area contributed by atoms with E-state index in [0.717, 1.165) is 22.0 Å². The van der Waals surface area contributed by atoms with E-state index in [2.05, 4.69) is 10.3 Å². The van der Waals surface area contributed by atoms with Gasteiger partial charge in [-0.3, -0.25) is 9.78 Å². The molecule has 2 aromatic carbocycles. The highest BCUT2D eigenvalue weighted by Gasteiger charge is 2.08. The highest BCUT2D eigenvalue weighted by Crippen LogP contribution is 2.28. The largest absolute Gasteiger partial charge is 0.490 e. The predicted molar refractivity (Wildman–Crippen MR) is 127 cm³/mol. The van der Waals surface area contributed by atoms with Crippen molar-refractivity contribution in [2.45, 2.75) is 20.3 Å². The first kappa shape index (κ1) is 23.8. The van der Waals surface area contributed by atoms with Crippen LogP contribution in [0.2, 0.25) is 0 Å². The summed E-state index contributed by atoms with van der Waals surface area (Å²) in [6.45, 7) is 5.00. The van der Waals surface area contributed by atoms with Gasteiger partial charge in [-0.2, -0.15) is 0 Å². The van der Waals surface area contributed by atoms with Crippen LogP contribution in [-0.2, 0) is 20.7 Å². The lowest BCUT2D eigenvalue weighted by Gasteiger charge is -2.12. The zero-order chi connectivity index (χ0) is 23.5. The van der Waals surface area contributed by atoms with Crippen LogP contribution in [0.5, 0.6) is 11.5 Å². The Morgan fingerprint density at radius 3 is 2.61 bits per heavy atom. The third kappa shape index (κ3) is 7.07. The third-order valence-electron chi connectivity index (χ3n) is 4.75. The molecule has 1 aromatic heterocycles. The number of nitrogens with zero attached hydrogens (tertiary/aromatic N) is 1. The fourth-order valence-corrected chi connectivity index (χ4v) is 3.25. The zero-order valence-corrected chi connectivity index (χ0v) is 18.9. The maximum Gasteiger partial charge on any atom is 0.331 e. The van der Waals surface area contributed by atoms with Gasteiger partial charge >= 0.3 is 5.97 Å². The van der Waals surface area contributed by atoms with Crippen LogP contribution in [0.15, 0.2) is 60.8 Å². The molecule has 0 aliphatic heterocycles. The number of fused-ring (bicyclic) bond motifs is 1. The smallest absolute Gasteiger partial charge is 0.331 e. The van der Waals surface area contributed by atoms with E-state index in [-0.39, 0.29) is 12.5 Å². The molecule has 0 unspecified atom stereocenters. The molecule has 3 rings (SSSR count). The molecule has 1 amide bonds. The topological polar surface area (TPSA) is 86.8 Å². The van der Waals surface area contributed by atoms with Crippen LogP contribution in [0.4, 0.5) is 0 Å². The molecule has 0 saturated carbocycles. The molecule has 7 nitrogen and oxygen atoms in total. The number of hydrogen-bond acceptors (Lipinski definition) is 6. The Hall–Kier alpha value is -3.87. The van der Waals surface area contributed by atoms with Gasteiger partial charge < -0.3 is 19.5 Å². The maximum atomic E-state index is 12.0. The minimum absolute atomic E-state index is 0.343. The molecular weight excluding hydrogens is 420 g/mol. The summed E-state index contributed by atoms with van der Waals surface area (Å²) in [5.41, 5.74) is 2.60. The van der Waals surface area contributed by atoms with Crippen molar-refractivity contribution in [3.05, 3.63) is 71.9 Å². The quantitative estimate of drug-likeness (QED) is 0.353. The summed E-state index contributed by atoms with van der Waals surface area (Å²) in [6.07, 6.45) is 5.25. The molecule has 0 radical (unpaired) electrons. The summed E-state index contributed by atoms with van der Waals surface area (Å²) < 4.78 is 16.2. The van der Waals surface area contributed by atoms with Gasteiger partial charge in [0.2, 0.25) is 0 Å². The molecule has 3 aromatic rings. The van der Waals surface area contributed by atoms with Crippen molar-refractivity contribution in [1.82, 2.24) is 10.3 Å². The first-order chi connectivity index (χ1) is 16.1. The minimum atomic E-state index is -0.592. The first-order valence-corrected chi connectivity index (χ1v) is 10.9. The monoisotopic (exact) mass is 448 g/mol. The van der Waals surface area contributed by atoms with Gasteiger partial charge in [0.25, 0.3) is 5.91 Å². The van der Waals surface area contributed by atoms with E-state index in [1.165, 1.54) is 6.08 Å². The lowest BCUT2D eigenvalue weighted by Crippen LogP contribution is -2.30. The van der Waals surface area contributed by atoms with Crippen LogP contribution in [0.25, 0.3) is 17.0 Å². The molecule has 7 heteroatoms. The van der Waals surface area contributed by atoms with Crippen LogP contribution >= 0.6 is 0 Å². The molecule has 0 saturated heterocycles. The number of pyridine rings is 1. The number of esters is 1. The van der Waals surface area contributed by atoms with E-state index in [4.69, 9.17) is 14.2 Å². The molecule has 0 aliphatic rings. The predicted octanol–water partition coefficient (Wildman–Crippen LogP) is 3.95. The van der Waals surface area contributed by atoms with Gasteiger partial charge in [0.15, 0.2) is 18.1 Å². The molecule has 1 heterocycles. The molecule has 172 valence electrons. The second-order valence-corrected chi connectivity index (χ2v) is 7.11. The average molecular weight is 449 g/mol. The molecule has 1 N–H and O–H groups in total. The van der Waals surface area contributed by atoms with E-state index >= 15 is 0 Å². The molecule has 0 fully saturated rings. The minimum Gasteiger partial charge on any atom is -0.490 e. The van der Waals surface area contributed by atoms with E-state index in [1.807, 2.05) is 62.4 Å². The molecule has 0 spiro atoms. The van der Waals surface area contributed by atoms with Crippen LogP contribution in [-0.4, -0.2) is 43.2 Å². The number of hydrogen-bond donors (Lipinski definition) is 1. The summed E-state index contributed by atoms with van der Waals surface area (Å²) in [6, 6.07) is 15.2. The second kappa shape index (κ2) is 12.2. The molecule has 0 aliphatic carbocycles. The Morgan fingerprint density at radius 1 is 1.00 bits per heavy atom. The van der Waals surface area contributed by atoms with Gasteiger partial charge in [0.1, 0.15) is 0 Å². The third-order valence-corrected chi connectivity index (χ3v) is 4.75. The second-order valence-electron chi connectivity index (χ2n) is 7.11. The van der Waals surface area contributed by atoms with Crippen LogP contribution in [0.1, 0.15) is 25.0 Å². The van der Waals surface area contributed by atoms with Gasteiger partial charge in [-0.05, 0) is 50.1 Å². The maximum absolute atomic E-state index is 12.0. The van der Waals surface area contributed by atoms with E-state index in [0.29, 0.717) is 37.7 Å². The van der Waals surface area contributed by atoms with Gasteiger partial charge in [-0.15, -0.1) is 0 Å². The number of rotatable bonds is 11. The van der Waals surface area contributed by atoms with Crippen molar-refractivity contribution in [3.8, 4) is 11.5 Å². The van der Waals surface area contributed by atoms with Gasteiger partial charge in [-0.25, -0.2) is 4.79 Å². The summed E-state index contributed by atoms with van der Waals surface area (Å²) in [4.78, 5) is 28.4. The fourth-order valence-electron chi connectivity index (χ4n) is 3.25. The highest BCUT2D eigenvalue weighted by molar-refractivity contribution is 5.93. The number of carbonyl (C=O) groups excluding carboxylic acids is 2. The zero-order valence-electron chi connectivity index (χ0n) is 18.9. The molecule has 0 atom stereocenters. The Kier molecular flexibility index (Phi) is 8.82. The normalized spacial score (nSPS) is 10.8. The summed E-state index contributed by atoms with van der Waals surface area (Å²) in [5.74, 6) is 0.433. The fraction of sp³-hybridized carbons (Fsp3) is 0.269. The average Bonchev–Trinajstić information content (AvgIpc) is 2.83. The number of nitrogens with one attached hydrogen (secondary N) is 1. The molecule has 0 bridgehead atoms. The van der Waals surface area contributed by atoms with Crippen molar-refractivity contribution in [2.24, 2.45) is 0 Å². The number of amides is 1. The van der Waals surface area contributed by atoms with E-state index in [1.54, 1.807) is 12.3 Å². The summed E-state index contributed by atoms with van der Waals surface area (Å²) in [7, 11) is 0. The number of para-hydroxylation sites is 1. The Balaban J connectivity index is 1.44. The number of ether oxygens (including phenoxy) is 3. The van der Waals surface area contributed by atoms with E-state index < -0.39 is 5.97 Å². The summed E-state index contributed by atoms with van der Waals surface area (Å²) in [5, 5.41) is 3.73. The van der Waals surface area contributed by atoms with Gasteiger partial charge in [-0.1, -0.05) is 30.3 Å². The lowest BCUT2D eigenvalue weighted by molar-refractivity contribution is -0.143. The molecular formula is C26H28N2O5. The Labute approximate surface area is 193 Å². The van der Waals surface area contributed by atoms with Crippen LogP contribution in [0.3, 0.4) is 0 Å². The number of carbonyl (C=O) groups is 2. The van der Waals surface area contributed by atoms with Crippen molar-refractivity contribution in [3.63, 3.8) is 0 Å². The SMILES string of the molecule is CCOc1ccc(CCNC(=O)COC(=O)C=Cc2cccc3cccnc23)cc1OCC. The van der Waals surface area contributed by atoms with E-state index in [9.17, 15) is 9.59 Å². The number of aromatic nitrogens is 1. The van der Waals surface area contributed by atoms with Crippen molar-refractivity contribution in [2.75, 3.05) is 26.4 Å². The van der Waals surface area contributed by atoms with Gasteiger partial charge in [0, 0.05) is 29.8 Å². The van der Waals surface area contributed by atoms with Crippen molar-refractivity contribution >= 4 is 28.9 Å². The van der Waals surface area contributed by atoms with Crippen LogP contribution < -0.4 is 14.8 Å². The van der Waals surface area contributed by atoms with Crippen molar-refractivity contribution < 1.29 is 23.8 Å². The summed E-state index contributed by atoms with van der Waals surface area (Å²) >= 11 is 0. The van der Waals surface area contributed by atoms with Crippen molar-refractivity contribution in [1.29, 1.82) is 0 Å².